The Labute approximate surface area is 119 Å². The van der Waals surface area contributed by atoms with Crippen LogP contribution in [-0.2, 0) is 11.3 Å². The van der Waals surface area contributed by atoms with Gasteiger partial charge in [0.05, 0.1) is 10.7 Å². The number of hydrogen-bond donors (Lipinski definition) is 2. The molecule has 0 unspecified atom stereocenters. The van der Waals surface area contributed by atoms with Crippen molar-refractivity contribution in [3.8, 4) is 0 Å². The van der Waals surface area contributed by atoms with Gasteiger partial charge in [-0.2, -0.15) is 0 Å². The molecule has 1 aliphatic heterocycles. The van der Waals surface area contributed by atoms with Gasteiger partial charge in [-0.25, -0.2) is 0 Å². The van der Waals surface area contributed by atoms with Gasteiger partial charge in [-0.05, 0) is 18.2 Å². The molecule has 1 heterocycles. The number of anilines is 1. The summed E-state index contributed by atoms with van der Waals surface area (Å²) in [6.07, 6.45) is 0.520. The predicted molar refractivity (Wildman–Crippen MR) is 78.7 cm³/mol. The fraction of sp³-hybridized carbons (Fsp3) is 0.500. The molecule has 1 saturated heterocycles. The fourth-order valence-corrected chi connectivity index (χ4v) is 2.62. The minimum atomic E-state index is 0.114. The van der Waals surface area contributed by atoms with Crippen LogP contribution < -0.4 is 15.5 Å². The standard InChI is InChI=1S/C14H20ClN3O/c1-2-16-10-11-4-3-5-12(15)14(11)18-8-6-13(19)17-7-9-18/h3-5,16H,2,6-10H2,1H3,(H,17,19). The van der Waals surface area contributed by atoms with Crippen LogP contribution in [-0.4, -0.2) is 32.1 Å². The molecule has 0 atom stereocenters. The van der Waals surface area contributed by atoms with E-state index in [0.29, 0.717) is 19.5 Å². The van der Waals surface area contributed by atoms with E-state index in [1.165, 1.54) is 5.56 Å². The van der Waals surface area contributed by atoms with Crippen molar-refractivity contribution in [1.82, 2.24) is 10.6 Å². The molecule has 0 aliphatic carbocycles. The summed E-state index contributed by atoms with van der Waals surface area (Å²) >= 11 is 6.36. The van der Waals surface area contributed by atoms with Crippen molar-refractivity contribution < 1.29 is 4.79 Å². The maximum absolute atomic E-state index is 11.4. The second-order valence-corrected chi connectivity index (χ2v) is 5.02. The number of amides is 1. The summed E-state index contributed by atoms with van der Waals surface area (Å²) in [5, 5.41) is 6.97. The Balaban J connectivity index is 2.23. The lowest BCUT2D eigenvalue weighted by Crippen LogP contribution is -2.30. The van der Waals surface area contributed by atoms with Crippen molar-refractivity contribution >= 4 is 23.2 Å². The van der Waals surface area contributed by atoms with Gasteiger partial charge in [-0.15, -0.1) is 0 Å². The van der Waals surface area contributed by atoms with E-state index >= 15 is 0 Å². The van der Waals surface area contributed by atoms with E-state index < -0.39 is 0 Å². The largest absolute Gasteiger partial charge is 0.368 e. The van der Waals surface area contributed by atoms with E-state index in [1.807, 2.05) is 12.1 Å². The lowest BCUT2D eigenvalue weighted by Gasteiger charge is -2.26. The average molecular weight is 282 g/mol. The molecular formula is C14H20ClN3O. The second kappa shape index (κ2) is 6.78. The topological polar surface area (TPSA) is 44.4 Å². The first-order valence-corrected chi connectivity index (χ1v) is 7.10. The summed E-state index contributed by atoms with van der Waals surface area (Å²) in [5.41, 5.74) is 2.24. The molecule has 0 bridgehead atoms. The monoisotopic (exact) mass is 281 g/mol. The molecule has 0 aromatic heterocycles. The Hall–Kier alpha value is -1.26. The number of para-hydroxylation sites is 1. The Bertz CT molecular complexity index is 450. The van der Waals surface area contributed by atoms with Crippen LogP contribution in [0, 0.1) is 0 Å². The summed E-state index contributed by atoms with van der Waals surface area (Å²) in [7, 11) is 0. The lowest BCUT2D eigenvalue weighted by molar-refractivity contribution is -0.120. The predicted octanol–water partition coefficient (Wildman–Crippen LogP) is 1.78. The first-order valence-electron chi connectivity index (χ1n) is 6.72. The third-order valence-electron chi connectivity index (χ3n) is 3.26. The molecule has 1 fully saturated rings. The van der Waals surface area contributed by atoms with Gasteiger partial charge in [0.25, 0.3) is 0 Å². The van der Waals surface area contributed by atoms with Crippen LogP contribution in [0.2, 0.25) is 5.02 Å². The molecule has 1 aromatic rings. The highest BCUT2D eigenvalue weighted by Crippen LogP contribution is 2.30. The van der Waals surface area contributed by atoms with Crippen LogP contribution in [0.5, 0.6) is 0 Å². The van der Waals surface area contributed by atoms with E-state index in [0.717, 1.165) is 30.3 Å². The maximum Gasteiger partial charge on any atom is 0.221 e. The van der Waals surface area contributed by atoms with Crippen molar-refractivity contribution in [3.05, 3.63) is 28.8 Å². The number of hydrogen-bond acceptors (Lipinski definition) is 3. The van der Waals surface area contributed by atoms with Crippen molar-refractivity contribution in [2.24, 2.45) is 0 Å². The molecule has 2 rings (SSSR count). The lowest BCUT2D eigenvalue weighted by atomic mass is 10.1. The number of rotatable bonds is 4. The molecule has 104 valence electrons. The summed E-state index contributed by atoms with van der Waals surface area (Å²) in [6.45, 7) is 5.99. The number of benzene rings is 1. The van der Waals surface area contributed by atoms with E-state index in [-0.39, 0.29) is 5.91 Å². The minimum absolute atomic E-state index is 0.114. The van der Waals surface area contributed by atoms with Gasteiger partial charge in [0.15, 0.2) is 0 Å². The first-order chi connectivity index (χ1) is 9.22. The number of nitrogens with one attached hydrogen (secondary N) is 2. The molecule has 0 radical (unpaired) electrons. The number of carbonyl (C=O) groups is 1. The van der Waals surface area contributed by atoms with Gasteiger partial charge < -0.3 is 15.5 Å². The molecule has 1 aliphatic rings. The van der Waals surface area contributed by atoms with Gasteiger partial charge in [0.2, 0.25) is 5.91 Å². The van der Waals surface area contributed by atoms with Crippen molar-refractivity contribution in [2.45, 2.75) is 19.9 Å². The van der Waals surface area contributed by atoms with Crippen molar-refractivity contribution in [1.29, 1.82) is 0 Å². The number of carbonyl (C=O) groups excluding carboxylic acids is 1. The molecule has 5 heteroatoms. The van der Waals surface area contributed by atoms with Crippen LogP contribution in [0.15, 0.2) is 18.2 Å². The second-order valence-electron chi connectivity index (χ2n) is 4.61. The third-order valence-corrected chi connectivity index (χ3v) is 3.57. The zero-order chi connectivity index (χ0) is 13.7. The summed E-state index contributed by atoms with van der Waals surface area (Å²) in [5.74, 6) is 0.114. The van der Waals surface area contributed by atoms with Gasteiger partial charge in [0, 0.05) is 32.6 Å². The highest BCUT2D eigenvalue weighted by atomic mass is 35.5. The van der Waals surface area contributed by atoms with Gasteiger partial charge in [-0.3, -0.25) is 4.79 Å². The van der Waals surface area contributed by atoms with Crippen molar-refractivity contribution in [2.75, 3.05) is 31.1 Å². The average Bonchev–Trinajstić information content (AvgIpc) is 2.61. The molecule has 2 N–H and O–H groups in total. The maximum atomic E-state index is 11.4. The fourth-order valence-electron chi connectivity index (χ4n) is 2.31. The van der Waals surface area contributed by atoms with E-state index in [1.54, 1.807) is 0 Å². The molecule has 4 nitrogen and oxygen atoms in total. The highest BCUT2D eigenvalue weighted by Gasteiger charge is 2.18. The minimum Gasteiger partial charge on any atom is -0.368 e. The summed E-state index contributed by atoms with van der Waals surface area (Å²) in [4.78, 5) is 13.6. The van der Waals surface area contributed by atoms with Crippen LogP contribution in [0.1, 0.15) is 18.9 Å². The molecule has 1 amide bonds. The third kappa shape index (κ3) is 3.61. The normalized spacial score (nSPS) is 16.1. The van der Waals surface area contributed by atoms with E-state index in [4.69, 9.17) is 11.6 Å². The van der Waals surface area contributed by atoms with Gasteiger partial charge >= 0.3 is 0 Å². The molecule has 0 spiro atoms. The Morgan fingerprint density at radius 2 is 2.26 bits per heavy atom. The Kier molecular flexibility index (Phi) is 5.05. The number of nitrogens with zero attached hydrogens (tertiary/aromatic N) is 1. The Morgan fingerprint density at radius 3 is 3.05 bits per heavy atom. The van der Waals surface area contributed by atoms with Crippen LogP contribution >= 0.6 is 11.6 Å². The van der Waals surface area contributed by atoms with Gasteiger partial charge in [-0.1, -0.05) is 30.7 Å². The van der Waals surface area contributed by atoms with Crippen LogP contribution in [0.4, 0.5) is 5.69 Å². The van der Waals surface area contributed by atoms with Crippen molar-refractivity contribution in [3.63, 3.8) is 0 Å². The zero-order valence-electron chi connectivity index (χ0n) is 11.2. The molecule has 19 heavy (non-hydrogen) atoms. The zero-order valence-corrected chi connectivity index (χ0v) is 12.0. The highest BCUT2D eigenvalue weighted by molar-refractivity contribution is 6.33. The number of halogens is 1. The SMILES string of the molecule is CCNCc1cccc(Cl)c1N1CCNC(=O)CC1. The quantitative estimate of drug-likeness (QED) is 0.884. The molecule has 1 aromatic carbocycles. The molecular weight excluding hydrogens is 262 g/mol. The Morgan fingerprint density at radius 1 is 1.42 bits per heavy atom. The van der Waals surface area contributed by atoms with E-state index in [2.05, 4.69) is 28.5 Å². The molecule has 0 saturated carbocycles. The smallest absolute Gasteiger partial charge is 0.221 e. The van der Waals surface area contributed by atoms with Gasteiger partial charge in [0.1, 0.15) is 0 Å². The van der Waals surface area contributed by atoms with Crippen LogP contribution in [0.25, 0.3) is 0 Å². The first kappa shape index (κ1) is 14.2. The summed E-state index contributed by atoms with van der Waals surface area (Å²) in [6, 6.07) is 5.97. The van der Waals surface area contributed by atoms with E-state index in [9.17, 15) is 4.79 Å². The van der Waals surface area contributed by atoms with Crippen LogP contribution in [0.3, 0.4) is 0 Å². The summed E-state index contributed by atoms with van der Waals surface area (Å²) < 4.78 is 0.